The number of ether oxygens (including phenoxy) is 2. The van der Waals surface area contributed by atoms with Crippen molar-refractivity contribution in [2.24, 2.45) is 0 Å². The fraction of sp³-hybridized carbons (Fsp3) is 0.417. The van der Waals surface area contributed by atoms with E-state index in [1.807, 2.05) is 57.2 Å². The second kappa shape index (κ2) is 8.11. The summed E-state index contributed by atoms with van der Waals surface area (Å²) in [7, 11) is 0. The number of amides is 2. The molecule has 0 unspecified atom stereocenters. The van der Waals surface area contributed by atoms with Gasteiger partial charge in [-0.25, -0.2) is 4.79 Å². The molecule has 6 heteroatoms. The molecular weight excluding hydrogens is 380 g/mol. The van der Waals surface area contributed by atoms with Crippen LogP contribution in [0.2, 0.25) is 0 Å². The summed E-state index contributed by atoms with van der Waals surface area (Å²) in [4.78, 5) is 27.2. The van der Waals surface area contributed by atoms with Gasteiger partial charge in [-0.3, -0.25) is 15.0 Å². The number of para-hydroxylation sites is 1. The minimum atomic E-state index is -0.586. The number of aryl methyl sites for hydroxylation is 2. The van der Waals surface area contributed by atoms with Crippen LogP contribution in [0.4, 0.5) is 21.9 Å². The van der Waals surface area contributed by atoms with E-state index >= 15 is 0 Å². The lowest BCUT2D eigenvalue weighted by Gasteiger charge is -2.26. The van der Waals surface area contributed by atoms with Crippen molar-refractivity contribution in [1.82, 2.24) is 0 Å². The van der Waals surface area contributed by atoms with Gasteiger partial charge >= 0.3 is 6.09 Å². The lowest BCUT2D eigenvalue weighted by atomic mass is 10.0. The smallest absolute Gasteiger partial charge is 0.412 e. The first-order chi connectivity index (χ1) is 14.3. The van der Waals surface area contributed by atoms with Crippen LogP contribution in [0.3, 0.4) is 0 Å². The lowest BCUT2D eigenvalue weighted by molar-refractivity contribution is -0.122. The van der Waals surface area contributed by atoms with Crippen LogP contribution in [0.5, 0.6) is 0 Å². The van der Waals surface area contributed by atoms with Gasteiger partial charge in [0, 0.05) is 5.69 Å². The zero-order chi connectivity index (χ0) is 21.3. The zero-order valence-electron chi connectivity index (χ0n) is 17.7. The first kappa shape index (κ1) is 20.4. The van der Waals surface area contributed by atoms with Crippen molar-refractivity contribution < 1.29 is 19.1 Å². The van der Waals surface area contributed by atoms with Crippen LogP contribution in [0.1, 0.15) is 44.7 Å². The molecule has 30 heavy (non-hydrogen) atoms. The Balaban J connectivity index is 1.66. The summed E-state index contributed by atoms with van der Waals surface area (Å²) < 4.78 is 11.1. The fourth-order valence-electron chi connectivity index (χ4n) is 3.58. The van der Waals surface area contributed by atoms with Gasteiger partial charge in [0.05, 0.1) is 17.5 Å². The van der Waals surface area contributed by atoms with Crippen LogP contribution in [0.25, 0.3) is 0 Å². The summed E-state index contributed by atoms with van der Waals surface area (Å²) in [6.07, 6.45) is 3.37. The number of benzene rings is 2. The van der Waals surface area contributed by atoms with Gasteiger partial charge in [-0.2, -0.15) is 0 Å². The lowest BCUT2D eigenvalue weighted by Crippen LogP contribution is -2.31. The van der Waals surface area contributed by atoms with Crippen LogP contribution >= 0.6 is 0 Å². The summed E-state index contributed by atoms with van der Waals surface area (Å²) in [6, 6.07) is 13.6. The average molecular weight is 408 g/mol. The SMILES string of the molecule is CC(C)(C)OC(=O)Nc1ccc2c(c1)N(C(=O)COC1CC1)c1ccccc1CC2. The van der Waals surface area contributed by atoms with Gasteiger partial charge in [0.15, 0.2) is 0 Å². The molecule has 4 rings (SSSR count). The van der Waals surface area contributed by atoms with Crippen molar-refractivity contribution in [3.8, 4) is 0 Å². The minimum absolute atomic E-state index is 0.0438. The monoisotopic (exact) mass is 408 g/mol. The molecule has 2 aromatic carbocycles. The van der Waals surface area contributed by atoms with E-state index in [9.17, 15) is 9.59 Å². The number of hydrogen-bond donors (Lipinski definition) is 1. The normalized spacial score (nSPS) is 15.6. The molecule has 158 valence electrons. The van der Waals surface area contributed by atoms with E-state index in [1.165, 1.54) is 0 Å². The van der Waals surface area contributed by atoms with Crippen molar-refractivity contribution in [2.75, 3.05) is 16.8 Å². The third-order valence-corrected chi connectivity index (χ3v) is 5.08. The number of carbonyl (C=O) groups excluding carboxylic acids is 2. The first-order valence-corrected chi connectivity index (χ1v) is 10.5. The van der Waals surface area contributed by atoms with Gasteiger partial charge in [-0.15, -0.1) is 0 Å². The fourth-order valence-corrected chi connectivity index (χ4v) is 3.58. The van der Waals surface area contributed by atoms with Gasteiger partial charge in [0.1, 0.15) is 12.2 Å². The van der Waals surface area contributed by atoms with Crippen molar-refractivity contribution in [3.05, 3.63) is 53.6 Å². The quantitative estimate of drug-likeness (QED) is 0.775. The summed E-state index contributed by atoms with van der Waals surface area (Å²) in [5, 5.41) is 2.78. The topological polar surface area (TPSA) is 67.9 Å². The minimum Gasteiger partial charge on any atom is -0.444 e. The molecule has 1 aliphatic carbocycles. The Kier molecular flexibility index (Phi) is 5.52. The molecule has 2 amide bonds. The molecule has 0 atom stereocenters. The maximum Gasteiger partial charge on any atom is 0.412 e. The van der Waals surface area contributed by atoms with Crippen LogP contribution in [0, 0.1) is 0 Å². The highest BCUT2D eigenvalue weighted by Crippen LogP contribution is 2.38. The Morgan fingerprint density at radius 2 is 1.73 bits per heavy atom. The molecular formula is C24H28N2O4. The maximum atomic E-state index is 13.2. The highest BCUT2D eigenvalue weighted by atomic mass is 16.6. The molecule has 2 aromatic rings. The van der Waals surface area contributed by atoms with Gasteiger partial charge in [0.2, 0.25) is 0 Å². The molecule has 0 bridgehead atoms. The number of anilines is 3. The van der Waals surface area contributed by atoms with Crippen LogP contribution in [-0.4, -0.2) is 30.3 Å². The zero-order valence-corrected chi connectivity index (χ0v) is 17.7. The molecule has 1 heterocycles. The van der Waals surface area contributed by atoms with E-state index in [-0.39, 0.29) is 18.6 Å². The summed E-state index contributed by atoms with van der Waals surface area (Å²) in [5.74, 6) is -0.105. The average Bonchev–Trinajstić information content (AvgIpc) is 3.50. The maximum absolute atomic E-state index is 13.2. The van der Waals surface area contributed by atoms with Gasteiger partial charge in [0.25, 0.3) is 5.91 Å². The van der Waals surface area contributed by atoms with Crippen molar-refractivity contribution in [3.63, 3.8) is 0 Å². The van der Waals surface area contributed by atoms with Crippen LogP contribution < -0.4 is 10.2 Å². The molecule has 1 N–H and O–H groups in total. The van der Waals surface area contributed by atoms with E-state index in [2.05, 4.69) is 11.4 Å². The Morgan fingerprint density at radius 3 is 2.43 bits per heavy atom. The molecule has 1 aliphatic heterocycles. The Hall–Kier alpha value is -2.86. The van der Waals surface area contributed by atoms with E-state index in [0.29, 0.717) is 5.69 Å². The van der Waals surface area contributed by atoms with Crippen molar-refractivity contribution in [1.29, 1.82) is 0 Å². The molecule has 2 aliphatic rings. The predicted octanol–water partition coefficient (Wildman–Crippen LogP) is 4.98. The molecule has 6 nitrogen and oxygen atoms in total. The summed E-state index contributed by atoms with van der Waals surface area (Å²) in [5.41, 5.74) is 3.82. The molecule has 1 fully saturated rings. The Labute approximate surface area is 177 Å². The Bertz CT molecular complexity index is 960. The number of fused-ring (bicyclic) bond motifs is 2. The second-order valence-electron chi connectivity index (χ2n) is 8.84. The molecule has 0 saturated heterocycles. The second-order valence-corrected chi connectivity index (χ2v) is 8.84. The molecule has 0 radical (unpaired) electrons. The standard InChI is InChI=1S/C24H28N2O4/c1-24(2,3)30-23(28)25-18-11-10-17-9-8-16-6-4-5-7-20(16)26(21(17)14-18)22(27)15-29-19-12-13-19/h4-7,10-11,14,19H,8-9,12-13,15H2,1-3H3,(H,25,28). The van der Waals surface area contributed by atoms with Crippen molar-refractivity contribution >= 4 is 29.1 Å². The van der Waals surface area contributed by atoms with Crippen LogP contribution in [0.15, 0.2) is 42.5 Å². The van der Waals surface area contributed by atoms with Crippen molar-refractivity contribution in [2.45, 2.75) is 58.2 Å². The summed E-state index contributed by atoms with van der Waals surface area (Å²) >= 11 is 0. The van der Waals surface area contributed by atoms with Crippen LogP contribution in [-0.2, 0) is 27.1 Å². The number of nitrogens with one attached hydrogen (secondary N) is 1. The van der Waals surface area contributed by atoms with Gasteiger partial charge in [-0.05, 0) is 75.8 Å². The van der Waals surface area contributed by atoms with E-state index in [1.54, 1.807) is 4.90 Å². The first-order valence-electron chi connectivity index (χ1n) is 10.5. The van der Waals surface area contributed by atoms with Gasteiger partial charge in [-0.1, -0.05) is 24.3 Å². The molecule has 0 spiro atoms. The number of hydrogen-bond acceptors (Lipinski definition) is 4. The molecule has 1 saturated carbocycles. The predicted molar refractivity (Wildman–Crippen MR) is 116 cm³/mol. The Morgan fingerprint density at radius 1 is 1.03 bits per heavy atom. The number of rotatable bonds is 4. The van der Waals surface area contributed by atoms with E-state index < -0.39 is 11.7 Å². The largest absolute Gasteiger partial charge is 0.444 e. The third-order valence-electron chi connectivity index (χ3n) is 5.08. The molecule has 0 aromatic heterocycles. The van der Waals surface area contributed by atoms with E-state index in [0.717, 1.165) is 48.2 Å². The van der Waals surface area contributed by atoms with Gasteiger partial charge < -0.3 is 9.47 Å². The number of nitrogens with zero attached hydrogens (tertiary/aromatic N) is 1. The highest BCUT2D eigenvalue weighted by Gasteiger charge is 2.29. The third kappa shape index (κ3) is 4.82. The summed E-state index contributed by atoms with van der Waals surface area (Å²) in [6.45, 7) is 5.50. The highest BCUT2D eigenvalue weighted by molar-refractivity contribution is 6.03. The van der Waals surface area contributed by atoms with E-state index in [4.69, 9.17) is 9.47 Å². The number of carbonyl (C=O) groups is 2.